The van der Waals surface area contributed by atoms with Crippen molar-refractivity contribution >= 4 is 12.0 Å². The Morgan fingerprint density at radius 3 is 2.11 bits per heavy atom. The minimum atomic E-state index is -1.74. The van der Waals surface area contributed by atoms with E-state index >= 15 is 0 Å². The predicted molar refractivity (Wildman–Crippen MR) is 90.6 cm³/mol. The number of ether oxygens (including phenoxy) is 3. The van der Waals surface area contributed by atoms with Crippen molar-refractivity contribution in [1.82, 2.24) is 0 Å². The lowest BCUT2D eigenvalue weighted by molar-refractivity contribution is -0.220. The van der Waals surface area contributed by atoms with Crippen molar-refractivity contribution in [2.45, 2.75) is 30.5 Å². The fourth-order valence-electron chi connectivity index (χ4n) is 2.80. The third-order valence-electron chi connectivity index (χ3n) is 4.27. The molecule has 0 amide bonds. The molecule has 6 N–H and O–H groups in total. The summed E-state index contributed by atoms with van der Waals surface area (Å²) in [4.78, 5) is 11.7. The second-order valence-corrected chi connectivity index (χ2v) is 5.93. The van der Waals surface area contributed by atoms with E-state index in [2.05, 4.69) is 0 Å². The number of rotatable bonds is 6. The lowest BCUT2D eigenvalue weighted by atomic mass is 9.90. The van der Waals surface area contributed by atoms with Crippen LogP contribution in [0, 0.1) is 0 Å². The number of phenolic OH excluding ortho intramolecular Hbond substituents is 1. The summed E-state index contributed by atoms with van der Waals surface area (Å²) in [5.74, 6) is -1.68. The summed E-state index contributed by atoms with van der Waals surface area (Å²) in [6.45, 7) is -0.685. The second kappa shape index (κ2) is 8.55. The van der Waals surface area contributed by atoms with Crippen molar-refractivity contribution in [3.05, 3.63) is 23.3 Å². The number of carboxylic acids is 1. The van der Waals surface area contributed by atoms with Gasteiger partial charge >= 0.3 is 5.97 Å². The molecule has 2 rings (SSSR count). The molecular weight excluding hydrogens is 364 g/mol. The molecular formula is C17H22O10. The molecule has 150 valence electrons. The summed E-state index contributed by atoms with van der Waals surface area (Å²) >= 11 is 0. The van der Waals surface area contributed by atoms with Gasteiger partial charge in [0, 0.05) is 0 Å². The molecule has 1 aliphatic rings. The van der Waals surface area contributed by atoms with E-state index in [9.17, 15) is 35.4 Å². The molecule has 1 aromatic rings. The van der Waals surface area contributed by atoms with Gasteiger partial charge in [0.2, 0.25) is 5.75 Å². The van der Waals surface area contributed by atoms with Crippen LogP contribution in [-0.2, 0) is 9.53 Å². The van der Waals surface area contributed by atoms with E-state index in [0.717, 1.165) is 6.08 Å². The summed E-state index contributed by atoms with van der Waals surface area (Å²) < 4.78 is 15.3. The Bertz CT molecular complexity index is 689. The van der Waals surface area contributed by atoms with E-state index in [4.69, 9.17) is 14.2 Å². The van der Waals surface area contributed by atoms with Gasteiger partial charge in [-0.2, -0.15) is 0 Å². The number of hydrogen-bond acceptors (Lipinski definition) is 9. The number of aliphatic hydroxyl groups is 4. The van der Waals surface area contributed by atoms with Crippen LogP contribution in [-0.4, -0.2) is 88.0 Å². The predicted octanol–water partition coefficient (Wildman–Crippen LogP) is -1.28. The molecule has 0 aromatic heterocycles. The first-order chi connectivity index (χ1) is 12.7. The third kappa shape index (κ3) is 4.15. The summed E-state index contributed by atoms with van der Waals surface area (Å²) in [7, 11) is 2.61. The molecule has 0 spiro atoms. The normalized spacial score (nSPS) is 28.7. The Balaban J connectivity index is 2.50. The molecule has 1 fully saturated rings. The molecule has 1 heterocycles. The first-order valence-electron chi connectivity index (χ1n) is 7.95. The zero-order valence-corrected chi connectivity index (χ0v) is 14.6. The van der Waals surface area contributed by atoms with Crippen molar-refractivity contribution in [2.75, 3.05) is 20.8 Å². The molecule has 1 aromatic carbocycles. The molecule has 0 saturated carbocycles. The number of carbonyl (C=O) groups is 1. The van der Waals surface area contributed by atoms with Crippen molar-refractivity contribution in [1.29, 1.82) is 0 Å². The number of phenols is 1. The third-order valence-corrected chi connectivity index (χ3v) is 4.27. The first kappa shape index (κ1) is 20.9. The minimum Gasteiger partial charge on any atom is -0.502 e. The van der Waals surface area contributed by atoms with Crippen LogP contribution in [0.2, 0.25) is 0 Å². The lowest BCUT2D eigenvalue weighted by Crippen LogP contribution is -2.59. The van der Waals surface area contributed by atoms with Gasteiger partial charge in [0.25, 0.3) is 0 Å². The summed E-state index contributed by atoms with van der Waals surface area (Å²) in [5, 5.41) is 58.6. The highest BCUT2D eigenvalue weighted by Crippen LogP contribution is 2.38. The molecule has 10 heteroatoms. The zero-order valence-electron chi connectivity index (χ0n) is 14.6. The number of carboxylic acid groups (broad SMARTS) is 1. The van der Waals surface area contributed by atoms with E-state index in [1.807, 2.05) is 0 Å². The van der Waals surface area contributed by atoms with E-state index in [0.29, 0.717) is 0 Å². The highest BCUT2D eigenvalue weighted by atomic mass is 16.5. The lowest BCUT2D eigenvalue weighted by Gasteiger charge is -2.40. The number of aromatic hydroxyl groups is 1. The minimum absolute atomic E-state index is 0.0270. The van der Waals surface area contributed by atoms with Gasteiger partial charge in [-0.05, 0) is 23.8 Å². The van der Waals surface area contributed by atoms with Gasteiger partial charge in [-0.3, -0.25) is 0 Å². The maximum absolute atomic E-state index is 11.7. The quantitative estimate of drug-likeness (QED) is 0.324. The topological polar surface area (TPSA) is 166 Å². The monoisotopic (exact) mass is 386 g/mol. The zero-order chi connectivity index (χ0) is 20.3. The smallest absolute Gasteiger partial charge is 0.334 e. The molecule has 0 radical (unpaired) electrons. The Hall–Kier alpha value is -2.37. The summed E-state index contributed by atoms with van der Waals surface area (Å²) in [6.07, 6.45) is -6.70. The molecule has 10 nitrogen and oxygen atoms in total. The molecule has 0 bridgehead atoms. The van der Waals surface area contributed by atoms with Crippen molar-refractivity contribution in [3.63, 3.8) is 0 Å². The fraction of sp³-hybridized carbons (Fsp3) is 0.471. The van der Waals surface area contributed by atoms with Crippen LogP contribution < -0.4 is 9.47 Å². The second-order valence-electron chi connectivity index (χ2n) is 5.93. The molecule has 5 atom stereocenters. The number of hydrogen-bond donors (Lipinski definition) is 6. The number of methoxy groups -OCH3 is 2. The Kier molecular flexibility index (Phi) is 6.63. The first-order valence-corrected chi connectivity index (χ1v) is 7.95. The van der Waals surface area contributed by atoms with Gasteiger partial charge in [-0.15, -0.1) is 0 Å². The van der Waals surface area contributed by atoms with Gasteiger partial charge in [-0.25, -0.2) is 4.79 Å². The molecule has 27 heavy (non-hydrogen) atoms. The van der Waals surface area contributed by atoms with E-state index in [1.54, 1.807) is 0 Å². The van der Waals surface area contributed by atoms with Crippen molar-refractivity contribution in [2.24, 2.45) is 0 Å². The highest BCUT2D eigenvalue weighted by molar-refractivity contribution is 5.93. The van der Waals surface area contributed by atoms with Crippen LogP contribution in [0.25, 0.3) is 6.08 Å². The SMILES string of the molecule is COc1cc(C=C(C(=O)O)C2O[C@H](CO)[C@@H](O)[C@H](O)[C@H]2O)cc(OC)c1O. The summed E-state index contributed by atoms with van der Waals surface area (Å²) in [6, 6.07) is 2.68. The van der Waals surface area contributed by atoms with Crippen LogP contribution in [0.5, 0.6) is 17.2 Å². The molecule has 1 saturated heterocycles. The Morgan fingerprint density at radius 2 is 1.67 bits per heavy atom. The Labute approximate surface area is 154 Å². The average Bonchev–Trinajstić information content (AvgIpc) is 2.65. The average molecular weight is 386 g/mol. The highest BCUT2D eigenvalue weighted by Gasteiger charge is 2.46. The van der Waals surface area contributed by atoms with Crippen molar-refractivity contribution in [3.8, 4) is 17.2 Å². The van der Waals surface area contributed by atoms with Crippen LogP contribution >= 0.6 is 0 Å². The van der Waals surface area contributed by atoms with E-state index in [-0.39, 0.29) is 22.8 Å². The van der Waals surface area contributed by atoms with E-state index < -0.39 is 48.7 Å². The summed E-state index contributed by atoms with van der Waals surface area (Å²) in [5.41, 5.74) is -0.197. The molecule has 1 unspecified atom stereocenters. The molecule has 0 aliphatic carbocycles. The maximum Gasteiger partial charge on any atom is 0.334 e. The standard InChI is InChI=1S/C17H22O10/c1-25-9-4-7(5-10(26-2)12(9)19)3-8(17(23)24)16-15(22)14(21)13(20)11(6-18)27-16/h3-5,11,13-16,18-22H,6H2,1-2H3,(H,23,24)/t11-,13-,14+,15-,16?/m1/s1. The van der Waals surface area contributed by atoms with Crippen LogP contribution in [0.3, 0.4) is 0 Å². The maximum atomic E-state index is 11.7. The van der Waals surface area contributed by atoms with Crippen molar-refractivity contribution < 1.29 is 49.6 Å². The number of benzene rings is 1. The largest absolute Gasteiger partial charge is 0.502 e. The number of aliphatic hydroxyl groups excluding tert-OH is 4. The van der Waals surface area contributed by atoms with Crippen LogP contribution in [0.1, 0.15) is 5.56 Å². The van der Waals surface area contributed by atoms with Crippen LogP contribution in [0.4, 0.5) is 0 Å². The van der Waals surface area contributed by atoms with Gasteiger partial charge < -0.3 is 44.8 Å². The number of aliphatic carboxylic acids is 1. The van der Waals surface area contributed by atoms with Gasteiger partial charge in [-0.1, -0.05) is 0 Å². The van der Waals surface area contributed by atoms with Gasteiger partial charge in [0.1, 0.15) is 30.5 Å². The van der Waals surface area contributed by atoms with Crippen LogP contribution in [0.15, 0.2) is 17.7 Å². The Morgan fingerprint density at radius 1 is 1.11 bits per heavy atom. The molecule has 1 aliphatic heterocycles. The van der Waals surface area contributed by atoms with E-state index in [1.165, 1.54) is 26.4 Å². The van der Waals surface area contributed by atoms with Gasteiger partial charge in [0.15, 0.2) is 11.5 Å². The van der Waals surface area contributed by atoms with Gasteiger partial charge in [0.05, 0.1) is 26.4 Å². The fourth-order valence-corrected chi connectivity index (χ4v) is 2.80.